The third kappa shape index (κ3) is 4.48. The van der Waals surface area contributed by atoms with Crippen LogP contribution in [0.25, 0.3) is 0 Å². The summed E-state index contributed by atoms with van der Waals surface area (Å²) >= 11 is 2.03. The molecule has 0 fully saturated rings. The number of rotatable bonds is 7. The Morgan fingerprint density at radius 2 is 1.21 bits per heavy atom. The second-order valence-electron chi connectivity index (χ2n) is 5.18. The molecular weight excluding hydrogens is 466 g/mol. The van der Waals surface area contributed by atoms with Gasteiger partial charge in [-0.2, -0.15) is 39.5 Å². The van der Waals surface area contributed by atoms with Crippen LogP contribution >= 0.6 is 22.6 Å². The van der Waals surface area contributed by atoms with Crippen molar-refractivity contribution in [2.24, 2.45) is 0 Å². The molecule has 0 N–H and O–H groups in total. The summed E-state index contributed by atoms with van der Waals surface area (Å²) in [6.07, 6.45) is -8.99. The van der Waals surface area contributed by atoms with E-state index >= 15 is 0 Å². The molecule has 1 rings (SSSR count). The Morgan fingerprint density at radius 3 is 1.67 bits per heavy atom. The Balaban J connectivity index is 2.66. The molecule has 0 bridgehead atoms. The Labute approximate surface area is 145 Å². The average Bonchev–Trinajstić information content (AvgIpc) is 2.44. The molecule has 0 heterocycles. The van der Waals surface area contributed by atoms with Gasteiger partial charge in [-0.15, -0.1) is 0 Å². The van der Waals surface area contributed by atoms with E-state index in [4.69, 9.17) is 0 Å². The van der Waals surface area contributed by atoms with E-state index in [9.17, 15) is 39.5 Å². The minimum atomic E-state index is -6.81. The molecule has 0 nitrogen and oxygen atoms in total. The lowest BCUT2D eigenvalue weighted by molar-refractivity contribution is -0.396. The van der Waals surface area contributed by atoms with E-state index in [0.717, 1.165) is 3.57 Å². The Kier molecular flexibility index (Phi) is 6.48. The number of benzene rings is 1. The molecule has 138 valence electrons. The summed E-state index contributed by atoms with van der Waals surface area (Å²) in [6, 6.07) is 6.80. The normalized spacial score (nSPS) is 14.1. The predicted octanol–water partition coefficient (Wildman–Crippen LogP) is 6.47. The van der Waals surface area contributed by atoms with Crippen LogP contribution in [0.4, 0.5) is 39.5 Å². The van der Waals surface area contributed by atoms with Gasteiger partial charge in [-0.1, -0.05) is 12.1 Å². The second kappa shape index (κ2) is 7.28. The molecule has 0 amide bonds. The van der Waals surface area contributed by atoms with Gasteiger partial charge in [-0.25, -0.2) is 0 Å². The fourth-order valence-corrected chi connectivity index (χ4v) is 2.25. The van der Waals surface area contributed by atoms with Gasteiger partial charge < -0.3 is 0 Å². The highest BCUT2D eigenvalue weighted by Crippen LogP contribution is 2.54. The van der Waals surface area contributed by atoms with Crippen LogP contribution in [0.1, 0.15) is 24.8 Å². The summed E-state index contributed by atoms with van der Waals surface area (Å²) in [5.41, 5.74) is 0.714. The zero-order valence-corrected chi connectivity index (χ0v) is 14.1. The molecule has 0 saturated heterocycles. The Bertz CT molecular complexity index is 534. The minimum Gasteiger partial charge on any atom is -0.200 e. The molecule has 10 heteroatoms. The quantitative estimate of drug-likeness (QED) is 0.240. The summed E-state index contributed by atoms with van der Waals surface area (Å²) in [6.45, 7) is 0. The van der Waals surface area contributed by atoms with Gasteiger partial charge in [0.25, 0.3) is 0 Å². The fourth-order valence-electron chi connectivity index (χ4n) is 1.89. The van der Waals surface area contributed by atoms with Gasteiger partial charge in [0.05, 0.1) is 0 Å². The number of alkyl halides is 9. The number of hydrogen-bond acceptors (Lipinski definition) is 0. The smallest absolute Gasteiger partial charge is 0.200 e. The number of aryl methyl sites for hydroxylation is 1. The molecule has 0 atom stereocenters. The third-order valence-corrected chi connectivity index (χ3v) is 4.05. The first-order valence-electron chi connectivity index (χ1n) is 6.67. The van der Waals surface area contributed by atoms with Gasteiger partial charge in [0, 0.05) is 9.99 Å². The molecule has 1 aromatic rings. The van der Waals surface area contributed by atoms with E-state index in [1.165, 1.54) is 0 Å². The van der Waals surface area contributed by atoms with Crippen molar-refractivity contribution in [3.05, 3.63) is 33.4 Å². The van der Waals surface area contributed by atoms with Crippen LogP contribution in [0.15, 0.2) is 24.3 Å². The van der Waals surface area contributed by atoms with Crippen molar-refractivity contribution < 1.29 is 39.5 Å². The first-order valence-corrected chi connectivity index (χ1v) is 7.75. The molecule has 0 saturated carbocycles. The van der Waals surface area contributed by atoms with Crippen molar-refractivity contribution in [1.29, 1.82) is 0 Å². The maximum absolute atomic E-state index is 13.3. The lowest BCUT2D eigenvalue weighted by Crippen LogP contribution is -2.60. The van der Waals surface area contributed by atoms with E-state index in [1.807, 2.05) is 22.6 Å². The van der Waals surface area contributed by atoms with Crippen LogP contribution in [-0.2, 0) is 6.42 Å². The molecule has 0 spiro atoms. The standard InChI is InChI=1S/C14H12F9I/c15-11(16,12(17,18)13(19,20)14(21,22)23)8-2-1-3-9-4-6-10(24)7-5-9/h4-7H,1-3,8H2. The summed E-state index contributed by atoms with van der Waals surface area (Å²) in [5, 5.41) is 0. The lowest BCUT2D eigenvalue weighted by Gasteiger charge is -2.33. The highest BCUT2D eigenvalue weighted by atomic mass is 127. The maximum Gasteiger partial charge on any atom is 0.460 e. The Hall–Kier alpha value is -0.680. The van der Waals surface area contributed by atoms with Crippen molar-refractivity contribution >= 4 is 22.6 Å². The van der Waals surface area contributed by atoms with Crippen LogP contribution in [0.3, 0.4) is 0 Å². The number of unbranched alkanes of at least 4 members (excludes halogenated alkanes) is 1. The molecule has 0 aliphatic carbocycles. The van der Waals surface area contributed by atoms with E-state index in [2.05, 4.69) is 0 Å². The third-order valence-electron chi connectivity index (χ3n) is 3.33. The summed E-state index contributed by atoms with van der Waals surface area (Å²) in [7, 11) is 0. The van der Waals surface area contributed by atoms with E-state index in [1.54, 1.807) is 24.3 Å². The molecular formula is C14H12F9I. The van der Waals surface area contributed by atoms with Crippen molar-refractivity contribution in [1.82, 2.24) is 0 Å². The van der Waals surface area contributed by atoms with Gasteiger partial charge in [-0.3, -0.25) is 0 Å². The molecule has 0 aliphatic rings. The predicted molar refractivity (Wildman–Crippen MR) is 77.6 cm³/mol. The molecule has 0 radical (unpaired) electrons. The summed E-state index contributed by atoms with van der Waals surface area (Å²) in [4.78, 5) is 0. The first kappa shape index (κ1) is 21.4. The van der Waals surface area contributed by atoms with E-state index in [0.29, 0.717) is 5.56 Å². The second-order valence-corrected chi connectivity index (χ2v) is 6.43. The number of hydrogen-bond donors (Lipinski definition) is 0. The largest absolute Gasteiger partial charge is 0.460 e. The van der Waals surface area contributed by atoms with E-state index < -0.39 is 36.8 Å². The van der Waals surface area contributed by atoms with Crippen molar-refractivity contribution in [2.45, 2.75) is 49.6 Å². The van der Waals surface area contributed by atoms with Crippen molar-refractivity contribution in [3.63, 3.8) is 0 Å². The van der Waals surface area contributed by atoms with Crippen molar-refractivity contribution in [3.8, 4) is 0 Å². The topological polar surface area (TPSA) is 0 Å². The average molecular weight is 478 g/mol. The molecule has 0 aliphatic heterocycles. The zero-order chi connectivity index (χ0) is 18.8. The molecule has 1 aromatic carbocycles. The highest BCUT2D eigenvalue weighted by molar-refractivity contribution is 14.1. The van der Waals surface area contributed by atoms with Crippen LogP contribution in [-0.4, -0.2) is 23.9 Å². The molecule has 24 heavy (non-hydrogen) atoms. The van der Waals surface area contributed by atoms with Gasteiger partial charge in [0.1, 0.15) is 0 Å². The van der Waals surface area contributed by atoms with Gasteiger partial charge >= 0.3 is 23.9 Å². The van der Waals surface area contributed by atoms with Gasteiger partial charge in [-0.05, 0) is 59.5 Å². The van der Waals surface area contributed by atoms with Crippen LogP contribution in [0.2, 0.25) is 0 Å². The van der Waals surface area contributed by atoms with E-state index in [-0.39, 0.29) is 12.8 Å². The highest BCUT2D eigenvalue weighted by Gasteiger charge is 2.81. The summed E-state index contributed by atoms with van der Waals surface area (Å²) < 4.78 is 115. The SMILES string of the molecule is FC(F)(F)C(F)(F)C(F)(F)C(F)(F)CCCCc1ccc(I)cc1. The maximum atomic E-state index is 13.3. The minimum absolute atomic E-state index is 0.0517. The lowest BCUT2D eigenvalue weighted by atomic mass is 9.97. The Morgan fingerprint density at radius 1 is 0.708 bits per heavy atom. The van der Waals surface area contributed by atoms with Crippen LogP contribution < -0.4 is 0 Å². The molecule has 0 unspecified atom stereocenters. The zero-order valence-electron chi connectivity index (χ0n) is 11.9. The fraction of sp³-hybridized carbons (Fsp3) is 0.571. The van der Waals surface area contributed by atoms with Gasteiger partial charge in [0.15, 0.2) is 0 Å². The summed E-state index contributed by atoms with van der Waals surface area (Å²) in [5.74, 6) is -18.8. The first-order chi connectivity index (χ1) is 10.7. The van der Waals surface area contributed by atoms with Crippen molar-refractivity contribution in [2.75, 3.05) is 0 Å². The van der Waals surface area contributed by atoms with Gasteiger partial charge in [0.2, 0.25) is 0 Å². The monoisotopic (exact) mass is 478 g/mol. The molecule has 0 aromatic heterocycles. The van der Waals surface area contributed by atoms with Crippen LogP contribution in [0, 0.1) is 3.57 Å². The number of halogens is 10. The van der Waals surface area contributed by atoms with Crippen LogP contribution in [0.5, 0.6) is 0 Å².